The third-order valence-corrected chi connectivity index (χ3v) is 5.40. The molecule has 1 N–H and O–H groups in total. The molecule has 1 spiro atoms. The summed E-state index contributed by atoms with van der Waals surface area (Å²) in [7, 11) is 1.65. The summed E-state index contributed by atoms with van der Waals surface area (Å²) in [6, 6.07) is 0.592. The van der Waals surface area contributed by atoms with Crippen molar-refractivity contribution < 1.29 is 36.2 Å². The summed E-state index contributed by atoms with van der Waals surface area (Å²) >= 11 is 0. The quantitative estimate of drug-likeness (QED) is 0.696. The number of likely N-dealkylation sites (N-methyl/N-ethyl adjacent to an activating group) is 1. The monoisotopic (exact) mass is 385 g/mol. The first-order valence-electron chi connectivity index (χ1n) is 7.95. The van der Waals surface area contributed by atoms with Crippen LogP contribution < -0.4 is 0 Å². The van der Waals surface area contributed by atoms with Crippen LogP contribution in [0, 0.1) is 0 Å². The van der Waals surface area contributed by atoms with Gasteiger partial charge in [0.15, 0.2) is 0 Å². The van der Waals surface area contributed by atoms with Gasteiger partial charge in [-0.1, -0.05) is 0 Å². The molecule has 1 amide bonds. The number of amides is 1. The summed E-state index contributed by atoms with van der Waals surface area (Å²) in [5.74, 6) is 0. The molecule has 1 saturated heterocycles. The summed E-state index contributed by atoms with van der Waals surface area (Å²) < 4.78 is 80.7. The van der Waals surface area contributed by atoms with E-state index in [4.69, 9.17) is 5.11 Å². The van der Waals surface area contributed by atoms with Crippen LogP contribution in [0.25, 0.3) is 0 Å². The lowest BCUT2D eigenvalue weighted by atomic mass is 9.81. The van der Waals surface area contributed by atoms with Crippen molar-refractivity contribution in [1.29, 1.82) is 0 Å². The number of aromatic nitrogens is 1. The first-order valence-corrected chi connectivity index (χ1v) is 7.95. The number of fused-ring (bicyclic) bond motifs is 2. The summed E-state index contributed by atoms with van der Waals surface area (Å²) in [6.45, 7) is 0.0391. The highest BCUT2D eigenvalue weighted by Crippen LogP contribution is 2.48. The molecule has 2 aliphatic heterocycles. The van der Waals surface area contributed by atoms with Gasteiger partial charge in [0.05, 0.1) is 11.1 Å². The molecular formula is C15H17F6N3O2. The maximum Gasteiger partial charge on any atom is 0.432 e. The van der Waals surface area contributed by atoms with Crippen LogP contribution in [-0.4, -0.2) is 52.2 Å². The lowest BCUT2D eigenvalue weighted by Gasteiger charge is -2.50. The van der Waals surface area contributed by atoms with E-state index in [1.807, 2.05) is 0 Å². The number of halogens is 6. The average Bonchev–Trinajstić information content (AvgIpc) is 2.92. The molecule has 5 nitrogen and oxygen atoms in total. The van der Waals surface area contributed by atoms with Crippen molar-refractivity contribution in [1.82, 2.24) is 14.4 Å². The second kappa shape index (κ2) is 5.80. The van der Waals surface area contributed by atoms with E-state index in [9.17, 15) is 31.1 Å². The minimum Gasteiger partial charge on any atom is -0.465 e. The Morgan fingerprint density at radius 1 is 1.04 bits per heavy atom. The lowest BCUT2D eigenvalue weighted by molar-refractivity contribution is -0.166. The highest BCUT2D eigenvalue weighted by molar-refractivity contribution is 5.65. The maximum atomic E-state index is 13.4. The van der Waals surface area contributed by atoms with Gasteiger partial charge in [-0.25, -0.2) is 4.79 Å². The fraction of sp³-hybridized carbons (Fsp3) is 0.667. The Morgan fingerprint density at radius 3 is 2.08 bits per heavy atom. The van der Waals surface area contributed by atoms with E-state index in [1.165, 1.54) is 0 Å². The molecular weight excluding hydrogens is 368 g/mol. The molecule has 0 aromatic carbocycles. The minimum absolute atomic E-state index is 0.0454. The van der Waals surface area contributed by atoms with Crippen LogP contribution in [0.2, 0.25) is 0 Å². The van der Waals surface area contributed by atoms with Crippen LogP contribution in [-0.2, 0) is 24.4 Å². The number of hydrogen-bond donors (Lipinski definition) is 1. The smallest absolute Gasteiger partial charge is 0.432 e. The number of piperidine rings is 1. The molecule has 3 rings (SSSR count). The second-order valence-corrected chi connectivity index (χ2v) is 6.66. The SMILES string of the molecule is CN1CCn2c(cc(C(F)(F)F)c2C(F)(F)F)C12CCN(C(=O)O)CC2. The number of rotatable bonds is 0. The molecule has 2 aliphatic rings. The Morgan fingerprint density at radius 2 is 1.62 bits per heavy atom. The van der Waals surface area contributed by atoms with Crippen molar-refractivity contribution in [3.63, 3.8) is 0 Å². The Balaban J connectivity index is 2.14. The first kappa shape index (κ1) is 18.9. The van der Waals surface area contributed by atoms with Crippen molar-refractivity contribution in [2.45, 2.75) is 37.3 Å². The van der Waals surface area contributed by atoms with Crippen molar-refractivity contribution in [3.05, 3.63) is 23.0 Å². The van der Waals surface area contributed by atoms with Gasteiger partial charge in [-0.2, -0.15) is 26.3 Å². The largest absolute Gasteiger partial charge is 0.465 e. The van der Waals surface area contributed by atoms with Gasteiger partial charge in [0.1, 0.15) is 5.69 Å². The summed E-state index contributed by atoms with van der Waals surface area (Å²) in [4.78, 5) is 13.9. The van der Waals surface area contributed by atoms with Gasteiger partial charge in [-0.15, -0.1) is 0 Å². The zero-order valence-corrected chi connectivity index (χ0v) is 13.8. The number of hydrogen-bond acceptors (Lipinski definition) is 2. The zero-order valence-electron chi connectivity index (χ0n) is 13.8. The van der Waals surface area contributed by atoms with E-state index in [0.29, 0.717) is 6.07 Å². The summed E-state index contributed by atoms with van der Waals surface area (Å²) in [5, 5.41) is 9.06. The number of likely N-dealkylation sites (tertiary alicyclic amines) is 1. The van der Waals surface area contributed by atoms with Crippen LogP contribution in [0.5, 0.6) is 0 Å². The van der Waals surface area contributed by atoms with Gasteiger partial charge in [-0.05, 0) is 26.0 Å². The van der Waals surface area contributed by atoms with Crippen molar-refractivity contribution in [2.75, 3.05) is 26.7 Å². The Hall–Kier alpha value is -1.91. The Labute approximate surface area is 144 Å². The maximum absolute atomic E-state index is 13.4. The molecule has 1 aromatic rings. The van der Waals surface area contributed by atoms with Crippen molar-refractivity contribution in [3.8, 4) is 0 Å². The third kappa shape index (κ3) is 2.81. The molecule has 146 valence electrons. The van der Waals surface area contributed by atoms with Gasteiger partial charge >= 0.3 is 18.4 Å². The molecule has 0 bridgehead atoms. The van der Waals surface area contributed by atoms with Crippen LogP contribution in [0.3, 0.4) is 0 Å². The minimum atomic E-state index is -5.14. The van der Waals surface area contributed by atoms with Crippen molar-refractivity contribution >= 4 is 6.09 Å². The van der Waals surface area contributed by atoms with E-state index in [0.717, 1.165) is 9.47 Å². The first-order chi connectivity index (χ1) is 11.9. The molecule has 26 heavy (non-hydrogen) atoms. The predicted octanol–water partition coefficient (Wildman–Crippen LogP) is 3.44. The number of nitrogens with zero attached hydrogens (tertiary/aromatic N) is 3. The van der Waals surface area contributed by atoms with Crippen molar-refractivity contribution in [2.24, 2.45) is 0 Å². The van der Waals surface area contributed by atoms with Crippen LogP contribution >= 0.6 is 0 Å². The summed E-state index contributed by atoms with van der Waals surface area (Å²) in [6.07, 6.45) is -11.2. The molecule has 1 fully saturated rings. The van der Waals surface area contributed by atoms with E-state index < -0.39 is 35.2 Å². The highest BCUT2D eigenvalue weighted by Gasteiger charge is 2.52. The summed E-state index contributed by atoms with van der Waals surface area (Å²) in [5.41, 5.74) is -4.45. The topological polar surface area (TPSA) is 48.7 Å². The van der Waals surface area contributed by atoms with E-state index in [-0.39, 0.29) is 44.7 Å². The van der Waals surface area contributed by atoms with E-state index >= 15 is 0 Å². The number of carboxylic acid groups (broad SMARTS) is 1. The molecule has 1 aromatic heterocycles. The van der Waals surface area contributed by atoms with E-state index in [2.05, 4.69) is 0 Å². The molecule has 0 saturated carbocycles. The Bertz CT molecular complexity index is 716. The van der Waals surface area contributed by atoms with E-state index in [1.54, 1.807) is 11.9 Å². The fourth-order valence-corrected chi connectivity index (χ4v) is 4.05. The standard InChI is InChI=1S/C15H17F6N3O2/c1-22-6-7-24-10(13(22)2-4-23(5-3-13)12(25)26)8-9(14(16,17)18)11(24)15(19,20)21/h8H,2-7H2,1H3,(H,25,26). The molecule has 0 aliphatic carbocycles. The molecule has 0 unspecified atom stereocenters. The number of carbonyl (C=O) groups is 1. The molecule has 11 heteroatoms. The number of alkyl halides is 6. The van der Waals surface area contributed by atoms with Crippen LogP contribution in [0.1, 0.15) is 29.8 Å². The average molecular weight is 385 g/mol. The zero-order chi connectivity index (χ0) is 19.5. The van der Waals surface area contributed by atoms with Gasteiger partial charge in [0.2, 0.25) is 0 Å². The van der Waals surface area contributed by atoms with Crippen LogP contribution in [0.15, 0.2) is 6.07 Å². The van der Waals surface area contributed by atoms with Gasteiger partial charge in [-0.3, -0.25) is 4.90 Å². The Kier molecular flexibility index (Phi) is 4.21. The molecule has 0 radical (unpaired) electrons. The van der Waals surface area contributed by atoms with Gasteiger partial charge < -0.3 is 14.6 Å². The third-order valence-electron chi connectivity index (χ3n) is 5.40. The van der Waals surface area contributed by atoms with Gasteiger partial charge in [0.25, 0.3) is 0 Å². The molecule has 3 heterocycles. The molecule has 0 atom stereocenters. The normalized spacial score (nSPS) is 21.1. The fourth-order valence-electron chi connectivity index (χ4n) is 4.05. The highest BCUT2D eigenvalue weighted by atomic mass is 19.4. The lowest BCUT2D eigenvalue weighted by Crippen LogP contribution is -2.56. The second-order valence-electron chi connectivity index (χ2n) is 6.66. The predicted molar refractivity (Wildman–Crippen MR) is 77.6 cm³/mol. The van der Waals surface area contributed by atoms with Crippen LogP contribution in [0.4, 0.5) is 31.1 Å². The van der Waals surface area contributed by atoms with Gasteiger partial charge in [0, 0.05) is 31.9 Å².